The van der Waals surface area contributed by atoms with Crippen molar-refractivity contribution in [1.82, 2.24) is 15.3 Å². The molecule has 2 rings (SSSR count). The number of anilines is 1. The zero-order valence-electron chi connectivity index (χ0n) is 10.4. The highest BCUT2D eigenvalue weighted by molar-refractivity contribution is 5.97. The van der Waals surface area contributed by atoms with Crippen molar-refractivity contribution >= 4 is 11.6 Å². The first-order chi connectivity index (χ1) is 8.11. The highest BCUT2D eigenvalue weighted by Crippen LogP contribution is 2.21. The van der Waals surface area contributed by atoms with Crippen LogP contribution in [0.5, 0.6) is 0 Å². The second-order valence-electron chi connectivity index (χ2n) is 4.64. The third-order valence-electron chi connectivity index (χ3n) is 2.72. The number of hydrogen-bond acceptors (Lipinski definition) is 4. The summed E-state index contributed by atoms with van der Waals surface area (Å²) in [6.07, 6.45) is 3.82. The molecule has 1 heterocycles. The molecule has 5 nitrogen and oxygen atoms in total. The minimum absolute atomic E-state index is 0.110. The number of nitrogens with one attached hydrogen (secondary N) is 2. The first kappa shape index (κ1) is 11.8. The van der Waals surface area contributed by atoms with E-state index in [0.717, 1.165) is 12.8 Å². The molecule has 1 aromatic heterocycles. The van der Waals surface area contributed by atoms with Gasteiger partial charge in [0.25, 0.3) is 5.91 Å². The maximum atomic E-state index is 12.0. The predicted octanol–water partition coefficient (Wildman–Crippen LogP) is 1.53. The number of amides is 1. The zero-order chi connectivity index (χ0) is 12.4. The van der Waals surface area contributed by atoms with E-state index in [-0.39, 0.29) is 11.8 Å². The highest BCUT2D eigenvalue weighted by atomic mass is 16.2. The van der Waals surface area contributed by atoms with Crippen molar-refractivity contribution in [3.8, 4) is 0 Å². The summed E-state index contributed by atoms with van der Waals surface area (Å²) in [4.78, 5) is 20.6. The van der Waals surface area contributed by atoms with Gasteiger partial charge in [0.1, 0.15) is 5.82 Å². The lowest BCUT2D eigenvalue weighted by Gasteiger charge is -2.11. The molecular weight excluding hydrogens is 216 g/mol. The summed E-state index contributed by atoms with van der Waals surface area (Å²) in [5.74, 6) is 0.805. The Hall–Kier alpha value is -1.65. The van der Waals surface area contributed by atoms with Crippen LogP contribution in [0.2, 0.25) is 0 Å². The summed E-state index contributed by atoms with van der Waals surface area (Å²) >= 11 is 0. The van der Waals surface area contributed by atoms with Gasteiger partial charge in [0, 0.05) is 19.0 Å². The molecule has 5 heteroatoms. The van der Waals surface area contributed by atoms with Crippen molar-refractivity contribution in [3.05, 3.63) is 17.7 Å². The molecule has 0 unspecified atom stereocenters. The Bertz CT molecular complexity index is 427. The van der Waals surface area contributed by atoms with E-state index >= 15 is 0 Å². The Morgan fingerprint density at radius 3 is 2.71 bits per heavy atom. The number of aromatic nitrogens is 2. The van der Waals surface area contributed by atoms with Gasteiger partial charge in [0.05, 0.1) is 11.9 Å². The molecule has 0 spiro atoms. The van der Waals surface area contributed by atoms with Gasteiger partial charge in [-0.05, 0) is 12.8 Å². The van der Waals surface area contributed by atoms with E-state index in [2.05, 4.69) is 20.6 Å². The monoisotopic (exact) mass is 234 g/mol. The maximum Gasteiger partial charge on any atom is 0.272 e. The molecule has 0 aromatic carbocycles. The lowest BCUT2D eigenvalue weighted by molar-refractivity contribution is 0.0946. The Labute approximate surface area is 101 Å². The second-order valence-corrected chi connectivity index (χ2v) is 4.64. The molecule has 2 N–H and O–H groups in total. The molecule has 0 bridgehead atoms. The van der Waals surface area contributed by atoms with Crippen LogP contribution in [0, 0.1) is 0 Å². The van der Waals surface area contributed by atoms with E-state index in [9.17, 15) is 4.79 Å². The van der Waals surface area contributed by atoms with Gasteiger partial charge in [-0.3, -0.25) is 4.79 Å². The lowest BCUT2D eigenvalue weighted by Crippen LogP contribution is -2.27. The van der Waals surface area contributed by atoms with Crippen LogP contribution in [-0.2, 0) is 0 Å². The van der Waals surface area contributed by atoms with Crippen molar-refractivity contribution in [3.63, 3.8) is 0 Å². The minimum Gasteiger partial charge on any atom is -0.385 e. The molecule has 1 saturated carbocycles. The standard InChI is InChI=1S/C12H18N4O/c1-7(2)11-14-6-9(13-3)10(16-11)12(17)15-8-4-5-8/h6-8,13H,4-5H2,1-3H3,(H,15,17). The first-order valence-corrected chi connectivity index (χ1v) is 5.97. The molecular formula is C12H18N4O. The SMILES string of the molecule is CNc1cnc(C(C)C)nc1C(=O)NC1CC1. The number of nitrogens with zero attached hydrogens (tertiary/aromatic N) is 2. The van der Waals surface area contributed by atoms with Crippen molar-refractivity contribution < 1.29 is 4.79 Å². The molecule has 1 amide bonds. The van der Waals surface area contributed by atoms with Gasteiger partial charge < -0.3 is 10.6 Å². The van der Waals surface area contributed by atoms with Crippen molar-refractivity contribution in [2.24, 2.45) is 0 Å². The van der Waals surface area contributed by atoms with E-state index in [1.165, 1.54) is 0 Å². The number of carbonyl (C=O) groups is 1. The zero-order valence-corrected chi connectivity index (χ0v) is 10.4. The largest absolute Gasteiger partial charge is 0.385 e. The predicted molar refractivity (Wildman–Crippen MR) is 66.2 cm³/mol. The average Bonchev–Trinajstić information content (AvgIpc) is 3.11. The molecule has 1 aromatic rings. The molecule has 92 valence electrons. The quantitative estimate of drug-likeness (QED) is 0.829. The summed E-state index contributed by atoms with van der Waals surface area (Å²) in [5.41, 5.74) is 1.12. The number of rotatable bonds is 4. The third-order valence-corrected chi connectivity index (χ3v) is 2.72. The fraction of sp³-hybridized carbons (Fsp3) is 0.583. The Balaban J connectivity index is 2.27. The van der Waals surface area contributed by atoms with Crippen molar-refractivity contribution in [2.45, 2.75) is 38.6 Å². The summed E-state index contributed by atoms with van der Waals surface area (Å²) in [6, 6.07) is 0.338. The fourth-order valence-corrected chi connectivity index (χ4v) is 1.51. The number of carbonyl (C=O) groups excluding carboxylic acids is 1. The van der Waals surface area contributed by atoms with Crippen LogP contribution in [0.25, 0.3) is 0 Å². The van der Waals surface area contributed by atoms with E-state index < -0.39 is 0 Å². The van der Waals surface area contributed by atoms with Gasteiger partial charge in [0.15, 0.2) is 5.69 Å². The normalized spacial score (nSPS) is 14.8. The van der Waals surface area contributed by atoms with Gasteiger partial charge in [-0.15, -0.1) is 0 Å². The molecule has 1 fully saturated rings. The molecule has 1 aliphatic rings. The summed E-state index contributed by atoms with van der Waals surface area (Å²) < 4.78 is 0. The maximum absolute atomic E-state index is 12.0. The topological polar surface area (TPSA) is 66.9 Å². The molecule has 0 saturated heterocycles. The molecule has 0 atom stereocenters. The van der Waals surface area contributed by atoms with Gasteiger partial charge in [-0.25, -0.2) is 9.97 Å². The average molecular weight is 234 g/mol. The van der Waals surface area contributed by atoms with Gasteiger partial charge >= 0.3 is 0 Å². The summed E-state index contributed by atoms with van der Waals surface area (Å²) in [5, 5.41) is 5.89. The van der Waals surface area contributed by atoms with Crippen LogP contribution >= 0.6 is 0 Å². The lowest BCUT2D eigenvalue weighted by atomic mass is 10.2. The van der Waals surface area contributed by atoms with Gasteiger partial charge in [-0.2, -0.15) is 0 Å². The van der Waals surface area contributed by atoms with E-state index in [1.54, 1.807) is 13.2 Å². The van der Waals surface area contributed by atoms with Crippen LogP contribution in [-0.4, -0.2) is 29.0 Å². The van der Waals surface area contributed by atoms with E-state index in [0.29, 0.717) is 23.2 Å². The third kappa shape index (κ3) is 2.72. The van der Waals surface area contributed by atoms with E-state index in [4.69, 9.17) is 0 Å². The van der Waals surface area contributed by atoms with Crippen LogP contribution in [0.4, 0.5) is 5.69 Å². The molecule has 17 heavy (non-hydrogen) atoms. The van der Waals surface area contributed by atoms with Crippen molar-refractivity contribution in [2.75, 3.05) is 12.4 Å². The van der Waals surface area contributed by atoms with Crippen LogP contribution < -0.4 is 10.6 Å². The van der Waals surface area contributed by atoms with Gasteiger partial charge in [-0.1, -0.05) is 13.8 Å². The van der Waals surface area contributed by atoms with Crippen LogP contribution in [0.1, 0.15) is 48.9 Å². The number of hydrogen-bond donors (Lipinski definition) is 2. The summed E-state index contributed by atoms with van der Waals surface area (Å²) in [7, 11) is 1.77. The fourth-order valence-electron chi connectivity index (χ4n) is 1.51. The van der Waals surface area contributed by atoms with Crippen molar-refractivity contribution in [1.29, 1.82) is 0 Å². The first-order valence-electron chi connectivity index (χ1n) is 5.97. The minimum atomic E-state index is -0.110. The Morgan fingerprint density at radius 1 is 1.47 bits per heavy atom. The van der Waals surface area contributed by atoms with Crippen LogP contribution in [0.15, 0.2) is 6.20 Å². The molecule has 0 aliphatic heterocycles. The Morgan fingerprint density at radius 2 is 2.18 bits per heavy atom. The van der Waals surface area contributed by atoms with E-state index in [1.807, 2.05) is 13.8 Å². The highest BCUT2D eigenvalue weighted by Gasteiger charge is 2.26. The molecule has 1 aliphatic carbocycles. The Kier molecular flexibility index (Phi) is 3.26. The summed E-state index contributed by atoms with van der Waals surface area (Å²) in [6.45, 7) is 4.02. The molecule has 0 radical (unpaired) electrons. The second kappa shape index (κ2) is 4.69. The van der Waals surface area contributed by atoms with Crippen LogP contribution in [0.3, 0.4) is 0 Å². The smallest absolute Gasteiger partial charge is 0.272 e. The van der Waals surface area contributed by atoms with Gasteiger partial charge in [0.2, 0.25) is 0 Å².